The highest BCUT2D eigenvalue weighted by Gasteiger charge is 2.25. The van der Waals surface area contributed by atoms with Crippen LogP contribution in [0.3, 0.4) is 0 Å². The van der Waals surface area contributed by atoms with Crippen LogP contribution in [0, 0.1) is 0 Å². The molecular formula is C25H28ClN3O3. The molecule has 1 saturated heterocycles. The molecule has 3 aromatic rings. The van der Waals surface area contributed by atoms with E-state index in [2.05, 4.69) is 4.98 Å². The fourth-order valence-electron chi connectivity index (χ4n) is 4.65. The lowest BCUT2D eigenvalue weighted by Gasteiger charge is -2.27. The average Bonchev–Trinajstić information content (AvgIpc) is 2.82. The zero-order chi connectivity index (χ0) is 21.9. The number of aliphatic hydroxyl groups is 1. The first kappa shape index (κ1) is 21.6. The Kier molecular flexibility index (Phi) is 6.53. The van der Waals surface area contributed by atoms with E-state index in [-0.39, 0.29) is 12.2 Å². The molecule has 7 heteroatoms. The fourth-order valence-corrected chi connectivity index (χ4v) is 4.78. The molecule has 2 fully saturated rings. The molecule has 1 aromatic carbocycles. The van der Waals surface area contributed by atoms with Crippen LogP contribution in [0.25, 0.3) is 10.9 Å². The number of pyridine rings is 1. The van der Waals surface area contributed by atoms with Crippen molar-refractivity contribution in [1.29, 1.82) is 0 Å². The Labute approximate surface area is 193 Å². The van der Waals surface area contributed by atoms with E-state index in [1.54, 1.807) is 0 Å². The highest BCUT2D eigenvalue weighted by molar-refractivity contribution is 6.30. The molecule has 3 heterocycles. The molecule has 0 radical (unpaired) electrons. The average molecular weight is 454 g/mol. The highest BCUT2D eigenvalue weighted by Crippen LogP contribution is 2.37. The lowest BCUT2D eigenvalue weighted by atomic mass is 9.82. The molecule has 0 bridgehead atoms. The number of rotatable bonds is 5. The standard InChI is InChI=1S/C25H28ClN3O3/c26-18-5-1-16(2-6-18)13-23-27-15-22-24(29-23)21(17-3-7-19(30)8-4-17)14-28-25(22)32-20-9-11-31-12-10-20/h1-2,5-6,14-15,17,19-20,30H,3-4,7-13H2. The Bertz CT molecular complexity index is 1060. The summed E-state index contributed by atoms with van der Waals surface area (Å²) in [6, 6.07) is 7.79. The molecule has 1 aliphatic heterocycles. The monoisotopic (exact) mass is 453 g/mol. The topological polar surface area (TPSA) is 77.4 Å². The predicted molar refractivity (Wildman–Crippen MR) is 123 cm³/mol. The van der Waals surface area contributed by atoms with Crippen molar-refractivity contribution in [1.82, 2.24) is 15.0 Å². The van der Waals surface area contributed by atoms with Gasteiger partial charge in [-0.25, -0.2) is 15.0 Å². The van der Waals surface area contributed by atoms with Crippen LogP contribution in [-0.2, 0) is 11.2 Å². The summed E-state index contributed by atoms with van der Waals surface area (Å²) in [6.45, 7) is 1.43. The molecule has 0 atom stereocenters. The molecule has 0 amide bonds. The smallest absolute Gasteiger partial charge is 0.224 e. The number of halogens is 1. The van der Waals surface area contributed by atoms with Gasteiger partial charge in [-0.2, -0.15) is 0 Å². The molecule has 0 spiro atoms. The van der Waals surface area contributed by atoms with E-state index in [1.165, 1.54) is 0 Å². The number of aromatic nitrogens is 3. The third-order valence-corrected chi connectivity index (χ3v) is 6.77. The molecule has 2 aliphatic rings. The summed E-state index contributed by atoms with van der Waals surface area (Å²) in [7, 11) is 0. The van der Waals surface area contributed by atoms with Crippen molar-refractivity contribution in [2.75, 3.05) is 13.2 Å². The maximum Gasteiger partial charge on any atom is 0.224 e. The van der Waals surface area contributed by atoms with Crippen molar-refractivity contribution < 1.29 is 14.6 Å². The van der Waals surface area contributed by atoms with Gasteiger partial charge in [0.15, 0.2) is 0 Å². The minimum absolute atomic E-state index is 0.101. The fraction of sp³-hybridized carbons (Fsp3) is 0.480. The van der Waals surface area contributed by atoms with Gasteiger partial charge in [0.1, 0.15) is 11.9 Å². The molecule has 2 aromatic heterocycles. The minimum atomic E-state index is -0.198. The molecule has 32 heavy (non-hydrogen) atoms. The summed E-state index contributed by atoms with van der Waals surface area (Å²) < 4.78 is 11.7. The normalized spacial score (nSPS) is 22.2. The van der Waals surface area contributed by atoms with Crippen LogP contribution in [-0.4, -0.2) is 45.5 Å². The van der Waals surface area contributed by atoms with Gasteiger partial charge in [-0.15, -0.1) is 0 Å². The van der Waals surface area contributed by atoms with Crippen LogP contribution in [0.5, 0.6) is 5.88 Å². The second-order valence-corrected chi connectivity index (χ2v) is 9.24. The van der Waals surface area contributed by atoms with Crippen molar-refractivity contribution in [3.05, 3.63) is 58.6 Å². The molecular weight excluding hydrogens is 426 g/mol. The van der Waals surface area contributed by atoms with Crippen LogP contribution in [0.1, 0.15) is 61.4 Å². The maximum atomic E-state index is 9.96. The summed E-state index contributed by atoms with van der Waals surface area (Å²) in [5.74, 6) is 1.70. The van der Waals surface area contributed by atoms with Gasteiger partial charge in [-0.3, -0.25) is 0 Å². The number of nitrogens with zero attached hydrogens (tertiary/aromatic N) is 3. The summed E-state index contributed by atoms with van der Waals surface area (Å²) in [6.07, 6.45) is 9.55. The lowest BCUT2D eigenvalue weighted by molar-refractivity contribution is 0.0244. The minimum Gasteiger partial charge on any atom is -0.474 e. The van der Waals surface area contributed by atoms with Gasteiger partial charge in [-0.1, -0.05) is 23.7 Å². The number of fused-ring (bicyclic) bond motifs is 1. The largest absolute Gasteiger partial charge is 0.474 e. The third-order valence-electron chi connectivity index (χ3n) is 6.52. The summed E-state index contributed by atoms with van der Waals surface area (Å²) in [5.41, 5.74) is 3.16. The van der Waals surface area contributed by atoms with Crippen molar-refractivity contribution in [3.63, 3.8) is 0 Å². The zero-order valence-corrected chi connectivity index (χ0v) is 18.8. The number of hydrogen-bond acceptors (Lipinski definition) is 6. The summed E-state index contributed by atoms with van der Waals surface area (Å²) >= 11 is 6.03. The quantitative estimate of drug-likeness (QED) is 0.595. The Hall–Kier alpha value is -2.28. The molecule has 1 N–H and O–H groups in total. The van der Waals surface area contributed by atoms with E-state index < -0.39 is 0 Å². The van der Waals surface area contributed by atoms with Crippen molar-refractivity contribution in [3.8, 4) is 5.88 Å². The van der Waals surface area contributed by atoms with Crippen molar-refractivity contribution in [2.24, 2.45) is 0 Å². The third kappa shape index (κ3) is 4.87. The van der Waals surface area contributed by atoms with Crippen molar-refractivity contribution in [2.45, 2.75) is 63.1 Å². The van der Waals surface area contributed by atoms with Gasteiger partial charge in [0.2, 0.25) is 5.88 Å². The van der Waals surface area contributed by atoms with Gasteiger partial charge in [0.25, 0.3) is 0 Å². The van der Waals surface area contributed by atoms with Crippen molar-refractivity contribution >= 4 is 22.5 Å². The maximum absolute atomic E-state index is 9.96. The Morgan fingerprint density at radius 2 is 1.72 bits per heavy atom. The number of benzene rings is 1. The zero-order valence-electron chi connectivity index (χ0n) is 18.0. The van der Waals surface area contributed by atoms with E-state index in [0.29, 0.717) is 31.4 Å². The van der Waals surface area contributed by atoms with E-state index in [0.717, 1.165) is 71.4 Å². The first-order chi connectivity index (χ1) is 15.7. The lowest BCUT2D eigenvalue weighted by Crippen LogP contribution is -2.26. The Balaban J connectivity index is 1.50. The van der Waals surface area contributed by atoms with E-state index in [1.807, 2.05) is 36.7 Å². The van der Waals surface area contributed by atoms with E-state index >= 15 is 0 Å². The SMILES string of the molecule is OC1CCC(c2cnc(OC3CCOCC3)c3cnc(Cc4ccc(Cl)cc4)nc23)CC1. The van der Waals surface area contributed by atoms with Gasteiger partial charge >= 0.3 is 0 Å². The van der Waals surface area contributed by atoms with Crippen LogP contribution in [0.2, 0.25) is 5.02 Å². The van der Waals surface area contributed by atoms with Gasteiger partial charge in [-0.05, 0) is 49.3 Å². The summed E-state index contributed by atoms with van der Waals surface area (Å²) in [5, 5.41) is 11.5. The van der Waals surface area contributed by atoms with Crippen LogP contribution in [0.15, 0.2) is 36.7 Å². The molecule has 1 aliphatic carbocycles. The van der Waals surface area contributed by atoms with Gasteiger partial charge < -0.3 is 14.6 Å². The number of ether oxygens (including phenoxy) is 2. The number of aliphatic hydroxyl groups excluding tert-OH is 1. The van der Waals surface area contributed by atoms with Crippen LogP contribution in [0.4, 0.5) is 0 Å². The molecule has 5 rings (SSSR count). The molecule has 6 nitrogen and oxygen atoms in total. The highest BCUT2D eigenvalue weighted by atomic mass is 35.5. The molecule has 168 valence electrons. The van der Waals surface area contributed by atoms with Gasteiger partial charge in [0.05, 0.1) is 30.2 Å². The molecule has 0 unspecified atom stereocenters. The second kappa shape index (κ2) is 9.69. The Morgan fingerprint density at radius 3 is 2.47 bits per heavy atom. The first-order valence-corrected chi connectivity index (χ1v) is 11.8. The predicted octanol–water partition coefficient (Wildman–Crippen LogP) is 4.85. The molecule has 1 saturated carbocycles. The van der Waals surface area contributed by atoms with Crippen LogP contribution >= 0.6 is 11.6 Å². The Morgan fingerprint density at radius 1 is 0.969 bits per heavy atom. The van der Waals surface area contributed by atoms with Crippen LogP contribution < -0.4 is 4.74 Å². The van der Waals surface area contributed by atoms with Gasteiger partial charge in [0, 0.05) is 42.2 Å². The van der Waals surface area contributed by atoms with E-state index in [9.17, 15) is 5.11 Å². The number of hydrogen-bond donors (Lipinski definition) is 1. The summed E-state index contributed by atoms with van der Waals surface area (Å²) in [4.78, 5) is 14.3. The van der Waals surface area contributed by atoms with E-state index in [4.69, 9.17) is 31.0 Å². The second-order valence-electron chi connectivity index (χ2n) is 8.81. The first-order valence-electron chi connectivity index (χ1n) is 11.5.